The van der Waals surface area contributed by atoms with Crippen molar-refractivity contribution in [3.8, 4) is 11.3 Å². The Labute approximate surface area is 156 Å². The van der Waals surface area contributed by atoms with E-state index in [1.807, 2.05) is 41.9 Å². The zero-order chi connectivity index (χ0) is 18.8. The van der Waals surface area contributed by atoms with Crippen LogP contribution in [0, 0.1) is 10.1 Å². The Kier molecular flexibility index (Phi) is 4.53. The van der Waals surface area contributed by atoms with E-state index in [1.54, 1.807) is 18.5 Å². The maximum Gasteiger partial charge on any atom is 0.295 e. The van der Waals surface area contributed by atoms with Crippen LogP contribution in [-0.2, 0) is 7.05 Å². The van der Waals surface area contributed by atoms with Crippen LogP contribution in [0.2, 0.25) is 0 Å². The van der Waals surface area contributed by atoms with Gasteiger partial charge in [0.1, 0.15) is 18.0 Å². The van der Waals surface area contributed by atoms with Crippen molar-refractivity contribution in [3.63, 3.8) is 0 Å². The summed E-state index contributed by atoms with van der Waals surface area (Å²) >= 11 is 0. The van der Waals surface area contributed by atoms with Crippen molar-refractivity contribution in [3.05, 3.63) is 64.7 Å². The summed E-state index contributed by atoms with van der Waals surface area (Å²) in [7, 11) is 1.95. The van der Waals surface area contributed by atoms with Gasteiger partial charge in [0.05, 0.1) is 4.92 Å². The number of aromatic nitrogens is 4. The fourth-order valence-electron chi connectivity index (χ4n) is 3.63. The Morgan fingerprint density at radius 3 is 2.70 bits per heavy atom. The van der Waals surface area contributed by atoms with E-state index in [4.69, 9.17) is 0 Å². The van der Waals surface area contributed by atoms with Crippen LogP contribution in [0.5, 0.6) is 0 Å². The van der Waals surface area contributed by atoms with E-state index in [9.17, 15) is 10.1 Å². The molecule has 1 unspecified atom stereocenters. The fourth-order valence-corrected chi connectivity index (χ4v) is 3.63. The fraction of sp³-hybridized carbons (Fsp3) is 0.316. The Bertz CT molecular complexity index is 956. The number of piperidine rings is 1. The molecule has 3 aromatic rings. The molecule has 27 heavy (non-hydrogen) atoms. The van der Waals surface area contributed by atoms with Crippen LogP contribution in [-0.4, -0.2) is 37.8 Å². The predicted molar refractivity (Wildman–Crippen MR) is 102 cm³/mol. The highest BCUT2D eigenvalue weighted by molar-refractivity contribution is 5.71. The van der Waals surface area contributed by atoms with E-state index >= 15 is 0 Å². The van der Waals surface area contributed by atoms with Crippen molar-refractivity contribution in [2.45, 2.75) is 18.8 Å². The Hall–Kier alpha value is -3.29. The van der Waals surface area contributed by atoms with Gasteiger partial charge in [-0.3, -0.25) is 10.1 Å². The molecule has 0 aliphatic carbocycles. The Morgan fingerprint density at radius 2 is 2.00 bits per heavy atom. The van der Waals surface area contributed by atoms with Crippen molar-refractivity contribution in [1.82, 2.24) is 19.7 Å². The van der Waals surface area contributed by atoms with Crippen molar-refractivity contribution in [1.29, 1.82) is 0 Å². The number of hydrogen-bond acceptors (Lipinski definition) is 6. The van der Waals surface area contributed by atoms with Crippen molar-refractivity contribution in [2.24, 2.45) is 7.05 Å². The van der Waals surface area contributed by atoms with Crippen LogP contribution < -0.4 is 4.90 Å². The van der Waals surface area contributed by atoms with Crippen molar-refractivity contribution >= 4 is 11.5 Å². The summed E-state index contributed by atoms with van der Waals surface area (Å²) in [6, 6.07) is 12.6. The maximum atomic E-state index is 11.5. The topological polar surface area (TPSA) is 90.0 Å². The van der Waals surface area contributed by atoms with E-state index in [0.717, 1.165) is 43.1 Å². The lowest BCUT2D eigenvalue weighted by Crippen LogP contribution is -2.35. The van der Waals surface area contributed by atoms with Gasteiger partial charge in [-0.05, 0) is 18.9 Å². The average Bonchev–Trinajstić information content (AvgIpc) is 3.14. The summed E-state index contributed by atoms with van der Waals surface area (Å²) < 4.78 is 1.95. The molecule has 0 amide bonds. The molecule has 0 saturated carbocycles. The smallest absolute Gasteiger partial charge is 0.295 e. The highest BCUT2D eigenvalue weighted by Crippen LogP contribution is 2.33. The molecule has 0 bridgehead atoms. The summed E-state index contributed by atoms with van der Waals surface area (Å²) in [6.07, 6.45) is 3.77. The highest BCUT2D eigenvalue weighted by atomic mass is 16.6. The van der Waals surface area contributed by atoms with Crippen LogP contribution >= 0.6 is 0 Å². The zero-order valence-corrected chi connectivity index (χ0v) is 15.0. The summed E-state index contributed by atoms with van der Waals surface area (Å²) in [5.74, 6) is 1.99. The third-order valence-electron chi connectivity index (χ3n) is 4.96. The monoisotopic (exact) mass is 364 g/mol. The first-order valence-corrected chi connectivity index (χ1v) is 8.93. The minimum absolute atomic E-state index is 0.0202. The molecule has 1 aliphatic heterocycles. The van der Waals surface area contributed by atoms with Crippen molar-refractivity contribution in [2.75, 3.05) is 18.0 Å². The van der Waals surface area contributed by atoms with E-state index in [1.165, 1.54) is 0 Å². The summed E-state index contributed by atoms with van der Waals surface area (Å²) in [5, 5.41) is 19.7. The van der Waals surface area contributed by atoms with Gasteiger partial charge in [0.15, 0.2) is 5.69 Å². The van der Waals surface area contributed by atoms with Gasteiger partial charge in [-0.2, -0.15) is 0 Å². The molecule has 8 nitrogen and oxygen atoms in total. The van der Waals surface area contributed by atoms with Gasteiger partial charge in [-0.1, -0.05) is 30.3 Å². The number of anilines is 1. The Morgan fingerprint density at radius 1 is 1.19 bits per heavy atom. The maximum absolute atomic E-state index is 11.5. The largest absolute Gasteiger partial charge is 0.356 e. The number of nitrogens with zero attached hydrogens (tertiary/aromatic N) is 6. The van der Waals surface area contributed by atoms with Gasteiger partial charge < -0.3 is 9.47 Å². The molecule has 1 saturated heterocycles. The van der Waals surface area contributed by atoms with Gasteiger partial charge in [0.2, 0.25) is 0 Å². The second kappa shape index (κ2) is 7.14. The van der Waals surface area contributed by atoms with E-state index < -0.39 is 0 Å². The first-order chi connectivity index (χ1) is 13.1. The molecule has 4 rings (SSSR count). The highest BCUT2D eigenvalue weighted by Gasteiger charge is 2.27. The molecule has 0 spiro atoms. The zero-order valence-electron chi connectivity index (χ0n) is 15.0. The number of hydrogen-bond donors (Lipinski definition) is 0. The molecule has 8 heteroatoms. The lowest BCUT2D eigenvalue weighted by atomic mass is 9.97. The molecule has 1 atom stereocenters. The molecular weight excluding hydrogens is 344 g/mol. The van der Waals surface area contributed by atoms with Crippen LogP contribution in [0.25, 0.3) is 11.3 Å². The average molecular weight is 364 g/mol. The number of rotatable bonds is 4. The summed E-state index contributed by atoms with van der Waals surface area (Å²) in [5.41, 5.74) is 1.17. The number of pyridine rings is 1. The summed E-state index contributed by atoms with van der Waals surface area (Å²) in [4.78, 5) is 17.9. The molecule has 1 aliphatic rings. The van der Waals surface area contributed by atoms with Gasteiger partial charge in [-0.25, -0.2) is 4.98 Å². The van der Waals surface area contributed by atoms with E-state index in [2.05, 4.69) is 20.1 Å². The van der Waals surface area contributed by atoms with Crippen LogP contribution in [0.15, 0.2) is 48.8 Å². The van der Waals surface area contributed by atoms with E-state index in [-0.39, 0.29) is 16.5 Å². The quantitative estimate of drug-likeness (QED) is 0.522. The molecule has 1 fully saturated rings. The SMILES string of the molecule is Cn1cnnc1C1CCCN(c2ccc([N+](=O)[O-])c(-c3ccccc3)n2)C1. The molecule has 2 aromatic heterocycles. The normalized spacial score (nSPS) is 17.1. The minimum Gasteiger partial charge on any atom is -0.356 e. The van der Waals surface area contributed by atoms with Gasteiger partial charge in [-0.15, -0.1) is 10.2 Å². The van der Waals surface area contributed by atoms with E-state index in [0.29, 0.717) is 5.69 Å². The van der Waals surface area contributed by atoms with Crippen molar-refractivity contribution < 1.29 is 4.92 Å². The molecule has 138 valence electrons. The molecule has 0 radical (unpaired) electrons. The standard InChI is InChI=1S/C19H20N6O2/c1-23-13-20-22-19(23)15-8-5-11-24(12-15)17-10-9-16(25(26)27)18(21-17)14-6-3-2-4-7-14/h2-4,6-7,9-10,13,15H,5,8,11-12H2,1H3. The molecule has 0 N–H and O–H groups in total. The second-order valence-electron chi connectivity index (χ2n) is 6.75. The number of nitro groups is 1. The summed E-state index contributed by atoms with van der Waals surface area (Å²) in [6.45, 7) is 1.64. The third kappa shape index (κ3) is 3.38. The van der Waals surface area contributed by atoms with Gasteiger partial charge in [0, 0.05) is 37.7 Å². The predicted octanol–water partition coefficient (Wildman–Crippen LogP) is 3.17. The van der Waals surface area contributed by atoms with Crippen LogP contribution in [0.4, 0.5) is 11.5 Å². The second-order valence-corrected chi connectivity index (χ2v) is 6.75. The number of benzene rings is 1. The first-order valence-electron chi connectivity index (χ1n) is 8.93. The first kappa shape index (κ1) is 17.1. The lowest BCUT2D eigenvalue weighted by Gasteiger charge is -2.33. The van der Waals surface area contributed by atoms with Crippen LogP contribution in [0.1, 0.15) is 24.6 Å². The van der Waals surface area contributed by atoms with Gasteiger partial charge >= 0.3 is 0 Å². The third-order valence-corrected chi connectivity index (χ3v) is 4.96. The van der Waals surface area contributed by atoms with Crippen LogP contribution in [0.3, 0.4) is 0 Å². The van der Waals surface area contributed by atoms with Gasteiger partial charge in [0.25, 0.3) is 5.69 Å². The Balaban J connectivity index is 1.67. The lowest BCUT2D eigenvalue weighted by molar-refractivity contribution is -0.384. The molecular formula is C19H20N6O2. The minimum atomic E-state index is -0.377. The number of aryl methyl sites for hydroxylation is 1. The molecule has 1 aromatic carbocycles. The molecule has 3 heterocycles.